The Morgan fingerprint density at radius 1 is 1.46 bits per heavy atom. The summed E-state index contributed by atoms with van der Waals surface area (Å²) in [6.07, 6.45) is 2.31. The molecule has 1 aromatic heterocycles. The van der Waals surface area contributed by atoms with Gasteiger partial charge in [-0.2, -0.15) is 4.98 Å². The largest absolute Gasteiger partial charge is 0.480 e. The van der Waals surface area contributed by atoms with Crippen molar-refractivity contribution in [2.24, 2.45) is 0 Å². The SMILES string of the molecule is COc1nc(C2CC2)nc(N)c1Br. The second kappa shape index (κ2) is 3.14. The van der Waals surface area contributed by atoms with Gasteiger partial charge in [0.15, 0.2) is 0 Å². The Morgan fingerprint density at radius 2 is 2.15 bits per heavy atom. The maximum atomic E-state index is 5.68. The Bertz CT molecular complexity index is 338. The van der Waals surface area contributed by atoms with E-state index in [0.717, 1.165) is 18.7 Å². The van der Waals surface area contributed by atoms with Gasteiger partial charge in [-0.3, -0.25) is 0 Å². The Morgan fingerprint density at radius 3 is 2.69 bits per heavy atom. The molecule has 1 saturated carbocycles. The first-order valence-corrected chi connectivity index (χ1v) is 4.88. The summed E-state index contributed by atoms with van der Waals surface area (Å²) in [5, 5.41) is 0. The maximum absolute atomic E-state index is 5.68. The molecule has 0 bridgehead atoms. The van der Waals surface area contributed by atoms with Crippen molar-refractivity contribution in [3.8, 4) is 5.88 Å². The summed E-state index contributed by atoms with van der Waals surface area (Å²) in [4.78, 5) is 8.44. The zero-order valence-corrected chi connectivity index (χ0v) is 8.84. The van der Waals surface area contributed by atoms with Gasteiger partial charge < -0.3 is 10.5 Å². The zero-order valence-electron chi connectivity index (χ0n) is 7.25. The first-order chi connectivity index (χ1) is 6.22. The Kier molecular flexibility index (Phi) is 2.11. The predicted octanol–water partition coefficient (Wildman–Crippen LogP) is 1.71. The van der Waals surface area contributed by atoms with E-state index in [1.54, 1.807) is 7.11 Å². The van der Waals surface area contributed by atoms with E-state index in [9.17, 15) is 0 Å². The molecule has 0 atom stereocenters. The first-order valence-electron chi connectivity index (χ1n) is 4.09. The molecule has 0 radical (unpaired) electrons. The van der Waals surface area contributed by atoms with Crippen LogP contribution in [0.2, 0.25) is 0 Å². The third-order valence-electron chi connectivity index (χ3n) is 2.00. The molecule has 2 N–H and O–H groups in total. The van der Waals surface area contributed by atoms with Crippen LogP contribution in [-0.4, -0.2) is 17.1 Å². The normalized spacial score (nSPS) is 15.8. The molecular weight excluding hydrogens is 234 g/mol. The van der Waals surface area contributed by atoms with Crippen molar-refractivity contribution < 1.29 is 4.74 Å². The molecule has 1 aromatic rings. The van der Waals surface area contributed by atoms with E-state index >= 15 is 0 Å². The highest BCUT2D eigenvalue weighted by atomic mass is 79.9. The van der Waals surface area contributed by atoms with Crippen LogP contribution in [0.3, 0.4) is 0 Å². The van der Waals surface area contributed by atoms with E-state index in [0.29, 0.717) is 22.1 Å². The second-order valence-electron chi connectivity index (χ2n) is 3.06. The monoisotopic (exact) mass is 243 g/mol. The number of halogens is 1. The standard InChI is InChI=1S/C8H10BrN3O/c1-13-8-5(9)6(10)11-7(12-8)4-2-3-4/h4H,2-3H2,1H3,(H2,10,11,12). The number of rotatable bonds is 2. The van der Waals surface area contributed by atoms with Crippen molar-refractivity contribution in [1.29, 1.82) is 0 Å². The summed E-state index contributed by atoms with van der Waals surface area (Å²) in [5.41, 5.74) is 5.68. The number of anilines is 1. The van der Waals surface area contributed by atoms with Gasteiger partial charge in [0, 0.05) is 5.92 Å². The molecular formula is C8H10BrN3O. The molecule has 1 aliphatic rings. The highest BCUT2D eigenvalue weighted by molar-refractivity contribution is 9.10. The van der Waals surface area contributed by atoms with E-state index in [4.69, 9.17) is 10.5 Å². The lowest BCUT2D eigenvalue weighted by Crippen LogP contribution is -2.02. The van der Waals surface area contributed by atoms with Crippen LogP contribution in [0, 0.1) is 0 Å². The minimum atomic E-state index is 0.453. The van der Waals surface area contributed by atoms with Crippen LogP contribution in [0.4, 0.5) is 5.82 Å². The fourth-order valence-corrected chi connectivity index (χ4v) is 1.46. The van der Waals surface area contributed by atoms with Gasteiger partial charge in [-0.25, -0.2) is 4.98 Å². The quantitative estimate of drug-likeness (QED) is 0.860. The summed E-state index contributed by atoms with van der Waals surface area (Å²) in [6.45, 7) is 0. The van der Waals surface area contributed by atoms with Crippen LogP contribution in [0.5, 0.6) is 5.88 Å². The molecule has 0 amide bonds. The third-order valence-corrected chi connectivity index (χ3v) is 2.75. The number of hydrogen-bond acceptors (Lipinski definition) is 4. The van der Waals surface area contributed by atoms with Crippen LogP contribution in [-0.2, 0) is 0 Å². The number of nitrogen functional groups attached to an aromatic ring is 1. The lowest BCUT2D eigenvalue weighted by atomic mass is 10.4. The minimum Gasteiger partial charge on any atom is -0.480 e. The predicted molar refractivity (Wildman–Crippen MR) is 52.7 cm³/mol. The minimum absolute atomic E-state index is 0.453. The van der Waals surface area contributed by atoms with Crippen molar-refractivity contribution in [3.63, 3.8) is 0 Å². The Balaban J connectivity index is 2.43. The average molecular weight is 244 g/mol. The lowest BCUT2D eigenvalue weighted by molar-refractivity contribution is 0.392. The van der Waals surface area contributed by atoms with E-state index in [1.165, 1.54) is 0 Å². The fourth-order valence-electron chi connectivity index (χ4n) is 1.12. The number of aromatic nitrogens is 2. The highest BCUT2D eigenvalue weighted by Gasteiger charge is 2.28. The van der Waals surface area contributed by atoms with Crippen LogP contribution >= 0.6 is 15.9 Å². The molecule has 4 nitrogen and oxygen atoms in total. The van der Waals surface area contributed by atoms with Gasteiger partial charge in [-0.1, -0.05) is 0 Å². The van der Waals surface area contributed by atoms with Crippen LogP contribution in [0.25, 0.3) is 0 Å². The summed E-state index contributed by atoms with van der Waals surface area (Å²) in [6, 6.07) is 0. The zero-order chi connectivity index (χ0) is 9.42. The van der Waals surface area contributed by atoms with Gasteiger partial charge in [0.2, 0.25) is 5.88 Å². The third kappa shape index (κ3) is 1.60. The summed E-state index contributed by atoms with van der Waals surface area (Å²) < 4.78 is 5.70. The van der Waals surface area contributed by atoms with Gasteiger partial charge in [0.1, 0.15) is 16.1 Å². The Labute approximate surface area is 84.6 Å². The molecule has 2 rings (SSSR count). The van der Waals surface area contributed by atoms with Crippen molar-refractivity contribution in [2.75, 3.05) is 12.8 Å². The smallest absolute Gasteiger partial charge is 0.233 e. The van der Waals surface area contributed by atoms with Gasteiger partial charge in [0.05, 0.1) is 7.11 Å². The maximum Gasteiger partial charge on any atom is 0.233 e. The molecule has 13 heavy (non-hydrogen) atoms. The van der Waals surface area contributed by atoms with Crippen molar-refractivity contribution in [1.82, 2.24) is 9.97 Å². The number of nitrogens with two attached hydrogens (primary N) is 1. The lowest BCUT2D eigenvalue weighted by Gasteiger charge is -2.06. The Hall–Kier alpha value is -0.840. The molecule has 70 valence electrons. The molecule has 1 fully saturated rings. The summed E-state index contributed by atoms with van der Waals surface area (Å²) in [7, 11) is 1.57. The second-order valence-corrected chi connectivity index (χ2v) is 3.86. The molecule has 0 aliphatic heterocycles. The molecule has 0 unspecified atom stereocenters. The van der Waals surface area contributed by atoms with Crippen LogP contribution < -0.4 is 10.5 Å². The van der Waals surface area contributed by atoms with Gasteiger partial charge in [0.25, 0.3) is 0 Å². The summed E-state index contributed by atoms with van der Waals surface area (Å²) in [5.74, 6) is 2.27. The molecule has 1 aliphatic carbocycles. The molecule has 1 heterocycles. The molecule has 5 heteroatoms. The first kappa shape index (κ1) is 8.74. The number of methoxy groups -OCH3 is 1. The molecule has 0 aromatic carbocycles. The van der Waals surface area contributed by atoms with E-state index < -0.39 is 0 Å². The van der Waals surface area contributed by atoms with Gasteiger partial charge in [-0.15, -0.1) is 0 Å². The molecule has 0 saturated heterocycles. The number of ether oxygens (including phenoxy) is 1. The van der Waals surface area contributed by atoms with E-state index in [2.05, 4.69) is 25.9 Å². The van der Waals surface area contributed by atoms with Crippen molar-refractivity contribution >= 4 is 21.7 Å². The van der Waals surface area contributed by atoms with Gasteiger partial charge >= 0.3 is 0 Å². The van der Waals surface area contributed by atoms with Gasteiger partial charge in [-0.05, 0) is 28.8 Å². The van der Waals surface area contributed by atoms with E-state index in [-0.39, 0.29) is 0 Å². The number of hydrogen-bond donors (Lipinski definition) is 1. The summed E-state index contributed by atoms with van der Waals surface area (Å²) >= 11 is 3.27. The van der Waals surface area contributed by atoms with Crippen molar-refractivity contribution in [3.05, 3.63) is 10.3 Å². The number of nitrogens with zero attached hydrogens (tertiary/aromatic N) is 2. The van der Waals surface area contributed by atoms with Crippen LogP contribution in [0.15, 0.2) is 4.47 Å². The topological polar surface area (TPSA) is 61.0 Å². The van der Waals surface area contributed by atoms with Crippen molar-refractivity contribution in [2.45, 2.75) is 18.8 Å². The fraction of sp³-hybridized carbons (Fsp3) is 0.500. The highest BCUT2D eigenvalue weighted by Crippen LogP contribution is 2.40. The molecule has 0 spiro atoms. The average Bonchev–Trinajstić information content (AvgIpc) is 2.92. The van der Waals surface area contributed by atoms with Crippen LogP contribution in [0.1, 0.15) is 24.6 Å². The van der Waals surface area contributed by atoms with E-state index in [1.807, 2.05) is 0 Å².